The van der Waals surface area contributed by atoms with Crippen molar-refractivity contribution in [2.45, 2.75) is 20.3 Å². The van der Waals surface area contributed by atoms with Gasteiger partial charge in [0, 0.05) is 14.2 Å². The number of rotatable bonds is 3. The molecule has 68 valence electrons. The van der Waals surface area contributed by atoms with Crippen LogP contribution in [0.1, 0.15) is 20.3 Å². The molecule has 2 nitrogen and oxygen atoms in total. The average Bonchev–Trinajstić information content (AvgIpc) is 2.34. The summed E-state index contributed by atoms with van der Waals surface area (Å²) in [6.45, 7) is 4.27. The van der Waals surface area contributed by atoms with Gasteiger partial charge in [-0.3, -0.25) is 0 Å². The molecule has 0 unspecified atom stereocenters. The minimum absolute atomic E-state index is 1.05. The van der Waals surface area contributed by atoms with Crippen molar-refractivity contribution in [3.05, 3.63) is 22.4 Å². The molecule has 3 heteroatoms. The summed E-state index contributed by atoms with van der Waals surface area (Å²) in [4.78, 5) is 0. The van der Waals surface area contributed by atoms with Crippen molar-refractivity contribution in [2.75, 3.05) is 14.2 Å². The Labute approximate surface area is 75.7 Å². The molecule has 0 spiro atoms. The van der Waals surface area contributed by atoms with Gasteiger partial charge in [0.1, 0.15) is 0 Å². The molecule has 1 aliphatic rings. The Morgan fingerprint density at radius 2 is 1.83 bits per heavy atom. The molecule has 0 heterocycles. The van der Waals surface area contributed by atoms with Gasteiger partial charge in [-0.25, -0.2) is 0 Å². The fourth-order valence-electron chi connectivity index (χ4n) is 1.60. The largest absolute Gasteiger partial charge is 0.397 e. The van der Waals surface area contributed by atoms with Gasteiger partial charge in [-0.15, -0.1) is 0 Å². The molecule has 0 aromatic heterocycles. The van der Waals surface area contributed by atoms with Crippen LogP contribution in [0.5, 0.6) is 0 Å². The van der Waals surface area contributed by atoms with E-state index in [0.717, 1.165) is 6.42 Å². The second-order valence-corrected chi connectivity index (χ2v) is 5.48. The third-order valence-electron chi connectivity index (χ3n) is 2.15. The highest BCUT2D eigenvalue weighted by atomic mass is 28.3. The molecule has 0 N–H and O–H groups in total. The van der Waals surface area contributed by atoms with E-state index in [2.05, 4.69) is 19.9 Å². The van der Waals surface area contributed by atoms with Gasteiger partial charge >= 0.3 is 9.28 Å². The molecule has 12 heavy (non-hydrogen) atoms. The van der Waals surface area contributed by atoms with Crippen molar-refractivity contribution in [1.82, 2.24) is 0 Å². The summed E-state index contributed by atoms with van der Waals surface area (Å²) in [5, 5.41) is 1.39. The molecule has 1 rings (SSSR count). The average molecular weight is 184 g/mol. The highest BCUT2D eigenvalue weighted by molar-refractivity contribution is 6.54. The number of hydrogen-bond donors (Lipinski definition) is 0. The van der Waals surface area contributed by atoms with Crippen LogP contribution in [0.3, 0.4) is 0 Å². The molecule has 1 aliphatic carbocycles. The first-order valence-corrected chi connectivity index (χ1v) is 5.63. The Morgan fingerprint density at radius 1 is 1.25 bits per heavy atom. The van der Waals surface area contributed by atoms with Gasteiger partial charge in [-0.1, -0.05) is 17.2 Å². The van der Waals surface area contributed by atoms with Crippen LogP contribution in [0, 0.1) is 0 Å². The number of allylic oxidation sites excluding steroid dienone is 4. The van der Waals surface area contributed by atoms with Gasteiger partial charge in [-0.05, 0) is 25.5 Å². The molecule has 0 bridgehead atoms. The lowest BCUT2D eigenvalue weighted by atomic mass is 10.3. The topological polar surface area (TPSA) is 18.5 Å². The molecule has 0 aromatic rings. The zero-order valence-electron chi connectivity index (χ0n) is 8.18. The first-order valence-electron chi connectivity index (χ1n) is 4.11. The van der Waals surface area contributed by atoms with Crippen LogP contribution in [0.4, 0.5) is 0 Å². The standard InChI is InChI=1S/C9H16O2Si/c1-7-5-8(2)9(6-7)12(10-3)11-4/h5,12H,6H2,1-4H3. The van der Waals surface area contributed by atoms with Crippen LogP contribution in [-0.2, 0) is 8.85 Å². The Hall–Kier alpha value is -0.383. The highest BCUT2D eigenvalue weighted by Crippen LogP contribution is 2.26. The van der Waals surface area contributed by atoms with E-state index in [-0.39, 0.29) is 0 Å². The van der Waals surface area contributed by atoms with Gasteiger partial charge in [0.25, 0.3) is 0 Å². The lowest BCUT2D eigenvalue weighted by molar-refractivity contribution is 0.286. The molecular weight excluding hydrogens is 168 g/mol. The van der Waals surface area contributed by atoms with E-state index in [1.807, 2.05) is 0 Å². The first kappa shape index (κ1) is 9.70. The second-order valence-electron chi connectivity index (χ2n) is 3.18. The summed E-state index contributed by atoms with van der Waals surface area (Å²) in [6.07, 6.45) is 3.26. The normalized spacial score (nSPS) is 17.6. The maximum atomic E-state index is 5.33. The summed E-state index contributed by atoms with van der Waals surface area (Å²) in [5.74, 6) is 0. The Morgan fingerprint density at radius 3 is 2.17 bits per heavy atom. The fraction of sp³-hybridized carbons (Fsp3) is 0.556. The van der Waals surface area contributed by atoms with Gasteiger partial charge in [0.15, 0.2) is 0 Å². The van der Waals surface area contributed by atoms with Crippen LogP contribution in [0.2, 0.25) is 0 Å². The van der Waals surface area contributed by atoms with Gasteiger partial charge in [-0.2, -0.15) is 0 Å². The fourth-order valence-corrected chi connectivity index (χ4v) is 3.31. The smallest absolute Gasteiger partial charge is 0.351 e. The predicted molar refractivity (Wildman–Crippen MR) is 52.2 cm³/mol. The summed E-state index contributed by atoms with van der Waals surface area (Å²) in [6, 6.07) is 0. The van der Waals surface area contributed by atoms with E-state index < -0.39 is 9.28 Å². The molecule has 0 saturated carbocycles. The maximum absolute atomic E-state index is 5.33. The molecule has 0 amide bonds. The van der Waals surface area contributed by atoms with Crippen molar-refractivity contribution in [1.29, 1.82) is 0 Å². The second kappa shape index (κ2) is 4.03. The molecular formula is C9H16O2Si. The van der Waals surface area contributed by atoms with Crippen LogP contribution in [0.25, 0.3) is 0 Å². The summed E-state index contributed by atoms with van der Waals surface area (Å²) < 4.78 is 10.7. The highest BCUT2D eigenvalue weighted by Gasteiger charge is 2.22. The zero-order valence-corrected chi connectivity index (χ0v) is 9.33. The lowest BCUT2D eigenvalue weighted by Crippen LogP contribution is -2.22. The lowest BCUT2D eigenvalue weighted by Gasteiger charge is -2.13. The van der Waals surface area contributed by atoms with Gasteiger partial charge < -0.3 is 8.85 Å². The van der Waals surface area contributed by atoms with Gasteiger partial charge in [0.05, 0.1) is 0 Å². The van der Waals surface area contributed by atoms with E-state index in [0.29, 0.717) is 0 Å². The molecule has 0 aliphatic heterocycles. The van der Waals surface area contributed by atoms with Crippen LogP contribution in [-0.4, -0.2) is 23.5 Å². The first-order chi connectivity index (χ1) is 5.69. The molecule has 0 saturated heterocycles. The minimum atomic E-state index is -1.51. The summed E-state index contributed by atoms with van der Waals surface area (Å²) in [7, 11) is 1.95. The van der Waals surface area contributed by atoms with E-state index in [1.165, 1.54) is 16.3 Å². The van der Waals surface area contributed by atoms with Crippen molar-refractivity contribution in [3.8, 4) is 0 Å². The third kappa shape index (κ3) is 1.86. The Kier molecular flexibility index (Phi) is 3.26. The molecule has 0 fully saturated rings. The van der Waals surface area contributed by atoms with Crippen molar-refractivity contribution < 1.29 is 8.85 Å². The number of hydrogen-bond acceptors (Lipinski definition) is 2. The van der Waals surface area contributed by atoms with E-state index in [1.54, 1.807) is 14.2 Å². The molecule has 0 radical (unpaired) electrons. The minimum Gasteiger partial charge on any atom is -0.397 e. The Bertz CT molecular complexity index is 227. The van der Waals surface area contributed by atoms with E-state index in [9.17, 15) is 0 Å². The quantitative estimate of drug-likeness (QED) is 0.622. The van der Waals surface area contributed by atoms with E-state index in [4.69, 9.17) is 8.85 Å². The summed E-state index contributed by atoms with van der Waals surface area (Å²) in [5.41, 5.74) is 2.75. The molecule has 0 atom stereocenters. The van der Waals surface area contributed by atoms with E-state index >= 15 is 0 Å². The predicted octanol–water partition coefficient (Wildman–Crippen LogP) is 1.71. The monoisotopic (exact) mass is 184 g/mol. The SMILES string of the molecule is CO[SiH](OC)C1=C(C)C=C(C)C1. The third-order valence-corrected chi connectivity index (χ3v) is 4.24. The van der Waals surface area contributed by atoms with Gasteiger partial charge in [0.2, 0.25) is 0 Å². The maximum Gasteiger partial charge on any atom is 0.351 e. The van der Waals surface area contributed by atoms with Crippen LogP contribution in [0.15, 0.2) is 22.4 Å². The van der Waals surface area contributed by atoms with Crippen molar-refractivity contribution in [2.24, 2.45) is 0 Å². The summed E-state index contributed by atoms with van der Waals surface area (Å²) >= 11 is 0. The Balaban J connectivity index is 2.72. The van der Waals surface area contributed by atoms with Crippen molar-refractivity contribution >= 4 is 9.28 Å². The molecule has 0 aromatic carbocycles. The van der Waals surface area contributed by atoms with Crippen LogP contribution >= 0.6 is 0 Å². The van der Waals surface area contributed by atoms with Crippen molar-refractivity contribution in [3.63, 3.8) is 0 Å². The zero-order chi connectivity index (χ0) is 9.14. The van der Waals surface area contributed by atoms with Crippen LogP contribution < -0.4 is 0 Å².